The molecule has 1 aromatic carbocycles. The van der Waals surface area contributed by atoms with Gasteiger partial charge < -0.3 is 4.90 Å². The highest BCUT2D eigenvalue weighted by Crippen LogP contribution is 2.49. The number of hydrogen-bond acceptors (Lipinski definition) is 3. The minimum absolute atomic E-state index is 0.186. The van der Waals surface area contributed by atoms with Gasteiger partial charge in [-0.1, -0.05) is 79.0 Å². The van der Waals surface area contributed by atoms with Crippen LogP contribution in [0.3, 0.4) is 0 Å². The van der Waals surface area contributed by atoms with Gasteiger partial charge in [-0.05, 0) is 65.5 Å². The van der Waals surface area contributed by atoms with Crippen molar-refractivity contribution in [1.29, 1.82) is 0 Å². The number of unbranched alkanes of at least 4 members (excludes halogenated alkanes) is 3. The SMILES string of the molecule is CCCCCCN1CCN(c2cccc(-c3ccc4c(c3)C(C)(C)C(C)CC4(C)C)n2)CC1. The van der Waals surface area contributed by atoms with Gasteiger partial charge in [0.1, 0.15) is 5.82 Å². The number of benzene rings is 1. The van der Waals surface area contributed by atoms with Crippen LogP contribution < -0.4 is 4.90 Å². The monoisotopic (exact) mass is 447 g/mol. The van der Waals surface area contributed by atoms with Gasteiger partial charge in [0.2, 0.25) is 0 Å². The normalized spacial score (nSPS) is 22.2. The first kappa shape index (κ1) is 24.3. The fourth-order valence-corrected chi connectivity index (χ4v) is 5.95. The fourth-order valence-electron chi connectivity index (χ4n) is 5.95. The molecule has 1 unspecified atom stereocenters. The quantitative estimate of drug-likeness (QED) is 0.424. The van der Waals surface area contributed by atoms with Gasteiger partial charge in [-0.3, -0.25) is 4.90 Å². The summed E-state index contributed by atoms with van der Waals surface area (Å²) in [7, 11) is 0. The first-order valence-corrected chi connectivity index (χ1v) is 13.3. The van der Waals surface area contributed by atoms with E-state index in [1.54, 1.807) is 0 Å². The Kier molecular flexibility index (Phi) is 7.19. The van der Waals surface area contributed by atoms with Gasteiger partial charge in [-0.15, -0.1) is 0 Å². The number of anilines is 1. The molecule has 1 aliphatic carbocycles. The molecule has 1 aromatic heterocycles. The van der Waals surface area contributed by atoms with Crippen molar-refractivity contribution in [1.82, 2.24) is 9.88 Å². The number of piperazine rings is 1. The molecular formula is C30H45N3. The van der Waals surface area contributed by atoms with Crippen molar-refractivity contribution >= 4 is 5.82 Å². The molecule has 3 nitrogen and oxygen atoms in total. The predicted octanol–water partition coefficient (Wildman–Crippen LogP) is 7.05. The lowest BCUT2D eigenvalue weighted by Gasteiger charge is -2.46. The maximum Gasteiger partial charge on any atom is 0.129 e. The zero-order valence-corrected chi connectivity index (χ0v) is 22.0. The molecule has 33 heavy (non-hydrogen) atoms. The summed E-state index contributed by atoms with van der Waals surface area (Å²) in [4.78, 5) is 10.2. The molecule has 1 aliphatic heterocycles. The highest BCUT2D eigenvalue weighted by Gasteiger charge is 2.41. The molecule has 0 spiro atoms. The Morgan fingerprint density at radius 1 is 0.909 bits per heavy atom. The Morgan fingerprint density at radius 3 is 2.39 bits per heavy atom. The third-order valence-electron chi connectivity index (χ3n) is 8.55. The zero-order valence-electron chi connectivity index (χ0n) is 22.0. The lowest BCUT2D eigenvalue weighted by atomic mass is 9.58. The third-order valence-corrected chi connectivity index (χ3v) is 8.55. The Hall–Kier alpha value is -1.87. The molecule has 1 fully saturated rings. The molecule has 0 amide bonds. The van der Waals surface area contributed by atoms with E-state index in [2.05, 4.69) is 87.7 Å². The third kappa shape index (κ3) is 5.14. The Bertz CT molecular complexity index is 937. The van der Waals surface area contributed by atoms with E-state index >= 15 is 0 Å². The Labute approximate surface area is 202 Å². The van der Waals surface area contributed by atoms with E-state index in [0.717, 1.165) is 37.7 Å². The average Bonchev–Trinajstić information content (AvgIpc) is 2.81. The minimum Gasteiger partial charge on any atom is -0.354 e. The van der Waals surface area contributed by atoms with Crippen LogP contribution in [0, 0.1) is 5.92 Å². The minimum atomic E-state index is 0.186. The van der Waals surface area contributed by atoms with Crippen LogP contribution in [0.25, 0.3) is 11.3 Å². The standard InChI is InChI=1S/C30H45N3/c1-7-8-9-10-16-32-17-19-33(20-18-32)28-13-11-12-27(31-28)24-14-15-25-26(21-24)30(5,6)23(2)22-29(25,3)4/h11-15,21,23H,7-10,16-20,22H2,1-6H3. The van der Waals surface area contributed by atoms with Crippen molar-refractivity contribution in [2.75, 3.05) is 37.6 Å². The van der Waals surface area contributed by atoms with E-state index in [9.17, 15) is 0 Å². The van der Waals surface area contributed by atoms with E-state index < -0.39 is 0 Å². The fraction of sp³-hybridized carbons (Fsp3) is 0.633. The van der Waals surface area contributed by atoms with Crippen LogP contribution in [0.2, 0.25) is 0 Å². The van der Waals surface area contributed by atoms with E-state index in [1.807, 2.05) is 0 Å². The van der Waals surface area contributed by atoms with Crippen LogP contribution in [0.5, 0.6) is 0 Å². The zero-order chi connectivity index (χ0) is 23.6. The molecule has 2 aliphatic rings. The maximum absolute atomic E-state index is 5.14. The van der Waals surface area contributed by atoms with Gasteiger partial charge >= 0.3 is 0 Å². The molecule has 0 saturated carbocycles. The average molecular weight is 448 g/mol. The molecule has 0 bridgehead atoms. The second-order valence-electron chi connectivity index (χ2n) is 11.7. The van der Waals surface area contributed by atoms with E-state index in [1.165, 1.54) is 55.3 Å². The van der Waals surface area contributed by atoms with Crippen molar-refractivity contribution in [3.05, 3.63) is 47.5 Å². The highest BCUT2D eigenvalue weighted by molar-refractivity contribution is 5.65. The van der Waals surface area contributed by atoms with Gasteiger partial charge in [0.25, 0.3) is 0 Å². The van der Waals surface area contributed by atoms with Gasteiger partial charge in [-0.25, -0.2) is 4.98 Å². The summed E-state index contributed by atoms with van der Waals surface area (Å²) in [6.07, 6.45) is 6.63. The molecule has 2 aromatic rings. The molecule has 180 valence electrons. The molecule has 1 saturated heterocycles. The molecular weight excluding hydrogens is 402 g/mol. The van der Waals surface area contributed by atoms with Gasteiger partial charge in [0.15, 0.2) is 0 Å². The van der Waals surface area contributed by atoms with Crippen LogP contribution in [-0.4, -0.2) is 42.6 Å². The number of aromatic nitrogens is 1. The molecule has 3 heteroatoms. The van der Waals surface area contributed by atoms with Crippen molar-refractivity contribution < 1.29 is 0 Å². The summed E-state index contributed by atoms with van der Waals surface area (Å²) in [5, 5.41) is 0. The lowest BCUT2D eigenvalue weighted by Crippen LogP contribution is -2.46. The van der Waals surface area contributed by atoms with E-state index in [-0.39, 0.29) is 10.8 Å². The van der Waals surface area contributed by atoms with E-state index in [0.29, 0.717) is 5.92 Å². The summed E-state index contributed by atoms with van der Waals surface area (Å²) >= 11 is 0. The molecule has 0 radical (unpaired) electrons. The molecule has 2 heterocycles. The highest BCUT2D eigenvalue weighted by atomic mass is 15.3. The first-order chi connectivity index (χ1) is 15.7. The van der Waals surface area contributed by atoms with Crippen molar-refractivity contribution in [3.63, 3.8) is 0 Å². The van der Waals surface area contributed by atoms with Gasteiger partial charge in [0.05, 0.1) is 5.69 Å². The summed E-state index contributed by atoms with van der Waals surface area (Å²) in [5.41, 5.74) is 5.79. The molecule has 0 N–H and O–H groups in total. The van der Waals surface area contributed by atoms with Gasteiger partial charge in [-0.2, -0.15) is 0 Å². The van der Waals surface area contributed by atoms with Crippen LogP contribution in [0.1, 0.15) is 84.8 Å². The first-order valence-electron chi connectivity index (χ1n) is 13.3. The van der Waals surface area contributed by atoms with Crippen molar-refractivity contribution in [2.24, 2.45) is 5.92 Å². The van der Waals surface area contributed by atoms with Crippen LogP contribution in [0.15, 0.2) is 36.4 Å². The number of fused-ring (bicyclic) bond motifs is 1. The second-order valence-corrected chi connectivity index (χ2v) is 11.7. The number of pyridine rings is 1. The number of rotatable bonds is 7. The number of hydrogen-bond donors (Lipinski definition) is 0. The van der Waals surface area contributed by atoms with Crippen LogP contribution >= 0.6 is 0 Å². The van der Waals surface area contributed by atoms with Crippen molar-refractivity contribution in [2.45, 2.75) is 84.5 Å². The largest absolute Gasteiger partial charge is 0.354 e. The molecule has 1 atom stereocenters. The summed E-state index contributed by atoms with van der Waals surface area (Å²) in [5.74, 6) is 1.79. The smallest absolute Gasteiger partial charge is 0.129 e. The van der Waals surface area contributed by atoms with Crippen molar-refractivity contribution in [3.8, 4) is 11.3 Å². The summed E-state index contributed by atoms with van der Waals surface area (Å²) < 4.78 is 0. The topological polar surface area (TPSA) is 19.4 Å². The predicted molar refractivity (Wildman–Crippen MR) is 142 cm³/mol. The Balaban J connectivity index is 1.50. The second kappa shape index (κ2) is 9.78. The van der Waals surface area contributed by atoms with Crippen LogP contribution in [0.4, 0.5) is 5.82 Å². The molecule has 4 rings (SSSR count). The van der Waals surface area contributed by atoms with Gasteiger partial charge in [0, 0.05) is 31.7 Å². The summed E-state index contributed by atoms with van der Waals surface area (Å²) in [6.45, 7) is 20.0. The summed E-state index contributed by atoms with van der Waals surface area (Å²) in [6, 6.07) is 13.7. The van der Waals surface area contributed by atoms with Crippen LogP contribution in [-0.2, 0) is 10.8 Å². The Morgan fingerprint density at radius 2 is 1.67 bits per heavy atom. The van der Waals surface area contributed by atoms with E-state index in [4.69, 9.17) is 4.98 Å². The number of nitrogens with zero attached hydrogens (tertiary/aromatic N) is 3. The lowest BCUT2D eigenvalue weighted by molar-refractivity contribution is 0.233. The maximum atomic E-state index is 5.14.